The molecule has 2 nitrogen and oxygen atoms in total. The van der Waals surface area contributed by atoms with Crippen LogP contribution in [0.25, 0.3) is 0 Å². The van der Waals surface area contributed by atoms with Crippen molar-refractivity contribution in [2.75, 3.05) is 32.7 Å². The molecule has 0 aromatic heterocycles. The number of hydrogen-bond donors (Lipinski definition) is 0. The number of nitrogens with zero attached hydrogens (tertiary/aromatic N) is 2. The van der Waals surface area contributed by atoms with E-state index in [2.05, 4.69) is 37.5 Å². The van der Waals surface area contributed by atoms with E-state index in [0.29, 0.717) is 0 Å². The summed E-state index contributed by atoms with van der Waals surface area (Å²) in [6, 6.07) is 0.728. The third-order valence-corrected chi connectivity index (χ3v) is 4.87. The molecule has 2 heteroatoms. The van der Waals surface area contributed by atoms with Gasteiger partial charge in [0, 0.05) is 38.8 Å². The molecule has 0 unspecified atom stereocenters. The molecule has 0 bridgehead atoms. The Balaban J connectivity index is 1.63. The Morgan fingerprint density at radius 2 is 1.53 bits per heavy atom. The molecule has 1 saturated heterocycles. The van der Waals surface area contributed by atoms with Gasteiger partial charge < -0.3 is 4.90 Å². The first-order valence-corrected chi connectivity index (χ1v) is 7.52. The summed E-state index contributed by atoms with van der Waals surface area (Å²) in [7, 11) is 0. The Labute approximate surface area is 107 Å². The first-order valence-electron chi connectivity index (χ1n) is 7.52. The molecular weight excluding hydrogens is 208 g/mol. The average Bonchev–Trinajstić information content (AvgIpc) is 2.23. The van der Waals surface area contributed by atoms with Crippen molar-refractivity contribution in [3.8, 4) is 0 Å². The van der Waals surface area contributed by atoms with Gasteiger partial charge >= 0.3 is 0 Å². The zero-order valence-electron chi connectivity index (χ0n) is 12.2. The summed E-state index contributed by atoms with van der Waals surface area (Å²) >= 11 is 0. The van der Waals surface area contributed by atoms with Crippen LogP contribution in [0.15, 0.2) is 0 Å². The highest BCUT2D eigenvalue weighted by Crippen LogP contribution is 2.39. The van der Waals surface area contributed by atoms with E-state index >= 15 is 0 Å². The molecule has 0 N–H and O–H groups in total. The second kappa shape index (κ2) is 5.71. The molecule has 1 aliphatic carbocycles. The maximum atomic E-state index is 2.69. The Morgan fingerprint density at radius 1 is 0.941 bits per heavy atom. The van der Waals surface area contributed by atoms with Crippen LogP contribution in [0, 0.1) is 17.8 Å². The topological polar surface area (TPSA) is 6.48 Å². The van der Waals surface area contributed by atoms with Gasteiger partial charge in [-0.25, -0.2) is 0 Å². The number of piperazine rings is 1. The van der Waals surface area contributed by atoms with Crippen molar-refractivity contribution >= 4 is 0 Å². The molecule has 0 radical (unpaired) electrons. The molecule has 1 saturated carbocycles. The molecule has 2 rings (SSSR count). The fourth-order valence-electron chi connectivity index (χ4n) is 3.31. The van der Waals surface area contributed by atoms with E-state index in [1.54, 1.807) is 0 Å². The van der Waals surface area contributed by atoms with Crippen LogP contribution in [-0.2, 0) is 0 Å². The van der Waals surface area contributed by atoms with E-state index in [1.165, 1.54) is 45.6 Å². The first kappa shape index (κ1) is 13.4. The molecule has 0 spiro atoms. The van der Waals surface area contributed by atoms with Gasteiger partial charge in [-0.3, -0.25) is 4.90 Å². The second-order valence-electron chi connectivity index (χ2n) is 6.77. The molecule has 1 aliphatic heterocycles. The first-order chi connectivity index (χ1) is 8.06. The lowest BCUT2D eigenvalue weighted by atomic mass is 9.69. The van der Waals surface area contributed by atoms with Crippen LogP contribution >= 0.6 is 0 Å². The Kier molecular flexibility index (Phi) is 4.48. The van der Waals surface area contributed by atoms with E-state index in [1.807, 2.05) is 0 Å². The number of hydrogen-bond acceptors (Lipinski definition) is 2. The Morgan fingerprint density at radius 3 is 2.00 bits per heavy atom. The van der Waals surface area contributed by atoms with Crippen molar-refractivity contribution in [3.05, 3.63) is 0 Å². The van der Waals surface area contributed by atoms with Gasteiger partial charge in [-0.05, 0) is 44.4 Å². The maximum absolute atomic E-state index is 2.69. The predicted molar refractivity (Wildman–Crippen MR) is 74.2 cm³/mol. The van der Waals surface area contributed by atoms with Crippen molar-refractivity contribution in [1.29, 1.82) is 0 Å². The Bertz CT molecular complexity index is 223. The molecule has 2 fully saturated rings. The van der Waals surface area contributed by atoms with Crippen molar-refractivity contribution in [3.63, 3.8) is 0 Å². The monoisotopic (exact) mass is 238 g/mol. The molecule has 0 aromatic rings. The number of rotatable bonds is 4. The second-order valence-corrected chi connectivity index (χ2v) is 6.77. The molecule has 0 aromatic carbocycles. The van der Waals surface area contributed by atoms with E-state index in [0.717, 1.165) is 23.8 Å². The van der Waals surface area contributed by atoms with Crippen LogP contribution in [0.4, 0.5) is 0 Å². The van der Waals surface area contributed by atoms with E-state index < -0.39 is 0 Å². The normalized spacial score (nSPS) is 32.1. The summed E-state index contributed by atoms with van der Waals surface area (Å²) < 4.78 is 0. The fraction of sp³-hybridized carbons (Fsp3) is 1.00. The summed E-state index contributed by atoms with van der Waals surface area (Å²) in [5.41, 5.74) is 0. The van der Waals surface area contributed by atoms with Gasteiger partial charge in [-0.2, -0.15) is 0 Å². The van der Waals surface area contributed by atoms with Crippen LogP contribution in [-0.4, -0.2) is 48.6 Å². The van der Waals surface area contributed by atoms with Gasteiger partial charge in [-0.15, -0.1) is 0 Å². The lowest BCUT2D eigenvalue weighted by Crippen LogP contribution is -2.51. The van der Waals surface area contributed by atoms with Gasteiger partial charge in [0.15, 0.2) is 0 Å². The maximum Gasteiger partial charge on any atom is 0.0113 e. The predicted octanol–water partition coefficient (Wildman–Crippen LogP) is 2.69. The molecule has 100 valence electrons. The molecule has 0 amide bonds. The van der Waals surface area contributed by atoms with Gasteiger partial charge in [0.25, 0.3) is 0 Å². The largest absolute Gasteiger partial charge is 0.301 e. The quantitative estimate of drug-likeness (QED) is 0.743. The highest BCUT2D eigenvalue weighted by atomic mass is 15.3. The summed E-state index contributed by atoms with van der Waals surface area (Å²) in [6.07, 6.45) is 2.98. The van der Waals surface area contributed by atoms with Gasteiger partial charge in [0.1, 0.15) is 0 Å². The Hall–Kier alpha value is -0.0800. The SMILES string of the molecule is CC(C)C1CC(CN2CCN(C(C)C)CC2)C1. The van der Waals surface area contributed by atoms with E-state index in [9.17, 15) is 0 Å². The van der Waals surface area contributed by atoms with E-state index in [4.69, 9.17) is 0 Å². The molecule has 2 aliphatic rings. The molecular formula is C15H30N2. The van der Waals surface area contributed by atoms with Gasteiger partial charge in [0.2, 0.25) is 0 Å². The fourth-order valence-corrected chi connectivity index (χ4v) is 3.31. The summed E-state index contributed by atoms with van der Waals surface area (Å²) in [5.74, 6) is 2.94. The summed E-state index contributed by atoms with van der Waals surface area (Å²) in [4.78, 5) is 5.30. The van der Waals surface area contributed by atoms with Crippen LogP contribution in [0.5, 0.6) is 0 Å². The van der Waals surface area contributed by atoms with Crippen molar-refractivity contribution < 1.29 is 0 Å². The zero-order chi connectivity index (χ0) is 12.4. The minimum atomic E-state index is 0.728. The highest BCUT2D eigenvalue weighted by molar-refractivity contribution is 4.85. The van der Waals surface area contributed by atoms with Crippen molar-refractivity contribution in [2.24, 2.45) is 17.8 Å². The van der Waals surface area contributed by atoms with Gasteiger partial charge in [-0.1, -0.05) is 13.8 Å². The molecule has 1 heterocycles. The lowest BCUT2D eigenvalue weighted by Gasteiger charge is -2.43. The van der Waals surface area contributed by atoms with Crippen LogP contribution in [0.3, 0.4) is 0 Å². The minimum absolute atomic E-state index is 0.728. The lowest BCUT2D eigenvalue weighted by molar-refractivity contribution is 0.0557. The summed E-state index contributed by atoms with van der Waals surface area (Å²) in [5, 5.41) is 0. The van der Waals surface area contributed by atoms with E-state index in [-0.39, 0.29) is 0 Å². The van der Waals surface area contributed by atoms with Crippen LogP contribution in [0.2, 0.25) is 0 Å². The summed E-state index contributed by atoms with van der Waals surface area (Å²) in [6.45, 7) is 15.9. The van der Waals surface area contributed by atoms with Crippen molar-refractivity contribution in [2.45, 2.75) is 46.6 Å². The minimum Gasteiger partial charge on any atom is -0.301 e. The zero-order valence-corrected chi connectivity index (χ0v) is 12.2. The van der Waals surface area contributed by atoms with Crippen LogP contribution < -0.4 is 0 Å². The smallest absolute Gasteiger partial charge is 0.0113 e. The van der Waals surface area contributed by atoms with Crippen LogP contribution in [0.1, 0.15) is 40.5 Å². The third-order valence-electron chi connectivity index (χ3n) is 4.87. The third kappa shape index (κ3) is 3.45. The standard InChI is InChI=1S/C15H30N2/c1-12(2)15-9-14(10-15)11-16-5-7-17(8-6-16)13(3)4/h12-15H,5-11H2,1-4H3. The highest BCUT2D eigenvalue weighted by Gasteiger charge is 2.32. The van der Waals surface area contributed by atoms with Crippen molar-refractivity contribution in [1.82, 2.24) is 9.80 Å². The average molecular weight is 238 g/mol. The van der Waals surface area contributed by atoms with Gasteiger partial charge in [0.05, 0.1) is 0 Å². The molecule has 17 heavy (non-hydrogen) atoms. The molecule has 0 atom stereocenters.